The molecule has 0 amide bonds. The standard InChI is InChI=1S/C14H12O7/c1-17-14(13(20-21-14)6-18-7-13)10-4-8(15)5-11-9(10)2-3-12(16)19-11/h2-5,15H,6-7H2,1H3. The molecule has 0 saturated carbocycles. The first-order valence-electron chi connectivity index (χ1n) is 6.37. The first-order chi connectivity index (χ1) is 10.1. The summed E-state index contributed by atoms with van der Waals surface area (Å²) in [7, 11) is 1.48. The fourth-order valence-electron chi connectivity index (χ4n) is 2.82. The molecule has 1 atom stereocenters. The van der Waals surface area contributed by atoms with Crippen molar-refractivity contribution in [3.63, 3.8) is 0 Å². The Morgan fingerprint density at radius 1 is 1.24 bits per heavy atom. The number of benzene rings is 1. The van der Waals surface area contributed by atoms with E-state index in [0.29, 0.717) is 24.2 Å². The Morgan fingerprint density at radius 2 is 2.05 bits per heavy atom. The van der Waals surface area contributed by atoms with Gasteiger partial charge < -0.3 is 19.0 Å². The second-order valence-corrected chi connectivity index (χ2v) is 5.13. The number of aromatic hydroxyl groups is 1. The third-order valence-corrected chi connectivity index (χ3v) is 3.95. The Balaban J connectivity index is 1.99. The molecule has 110 valence electrons. The van der Waals surface area contributed by atoms with Gasteiger partial charge in [-0.15, -0.1) is 0 Å². The molecule has 2 fully saturated rings. The summed E-state index contributed by atoms with van der Waals surface area (Å²) in [6.07, 6.45) is 0. The summed E-state index contributed by atoms with van der Waals surface area (Å²) in [5, 5.41) is 10.5. The lowest BCUT2D eigenvalue weighted by Gasteiger charge is -2.58. The number of phenolic OH excluding ortho intramolecular Hbond substituents is 1. The molecule has 1 aromatic heterocycles. The van der Waals surface area contributed by atoms with Crippen LogP contribution in [0.25, 0.3) is 11.0 Å². The summed E-state index contributed by atoms with van der Waals surface area (Å²) in [5.74, 6) is -1.27. The fraction of sp³-hybridized carbons (Fsp3) is 0.357. The average molecular weight is 292 g/mol. The van der Waals surface area contributed by atoms with Gasteiger partial charge in [0.05, 0.1) is 13.2 Å². The summed E-state index contributed by atoms with van der Waals surface area (Å²) < 4.78 is 15.9. The molecular weight excluding hydrogens is 280 g/mol. The first-order valence-corrected chi connectivity index (χ1v) is 6.37. The van der Waals surface area contributed by atoms with Crippen LogP contribution in [0, 0.1) is 0 Å². The zero-order valence-corrected chi connectivity index (χ0v) is 11.1. The Morgan fingerprint density at radius 3 is 2.62 bits per heavy atom. The highest BCUT2D eigenvalue weighted by Gasteiger charge is 2.71. The van der Waals surface area contributed by atoms with Crippen molar-refractivity contribution in [2.75, 3.05) is 20.3 Å². The minimum Gasteiger partial charge on any atom is -0.508 e. The number of rotatable bonds is 2. The van der Waals surface area contributed by atoms with E-state index in [-0.39, 0.29) is 11.3 Å². The molecule has 0 aliphatic carbocycles. The van der Waals surface area contributed by atoms with Gasteiger partial charge in [-0.05, 0) is 12.1 Å². The molecular formula is C14H12O7. The van der Waals surface area contributed by atoms with Gasteiger partial charge in [-0.2, -0.15) is 4.89 Å². The van der Waals surface area contributed by atoms with Gasteiger partial charge in [-0.3, -0.25) is 0 Å². The van der Waals surface area contributed by atoms with E-state index in [4.69, 9.17) is 23.7 Å². The van der Waals surface area contributed by atoms with Gasteiger partial charge in [0.1, 0.15) is 11.3 Å². The van der Waals surface area contributed by atoms with Crippen LogP contribution in [0.1, 0.15) is 5.56 Å². The monoisotopic (exact) mass is 292 g/mol. The van der Waals surface area contributed by atoms with Crippen molar-refractivity contribution in [3.05, 3.63) is 40.2 Å². The molecule has 1 aromatic carbocycles. The fourth-order valence-corrected chi connectivity index (χ4v) is 2.82. The van der Waals surface area contributed by atoms with E-state index in [9.17, 15) is 9.90 Å². The molecule has 0 radical (unpaired) electrons. The maximum absolute atomic E-state index is 11.3. The molecule has 2 aliphatic heterocycles. The molecule has 2 saturated heterocycles. The molecule has 4 rings (SSSR count). The number of methoxy groups -OCH3 is 1. The van der Waals surface area contributed by atoms with E-state index >= 15 is 0 Å². The molecule has 2 aromatic rings. The van der Waals surface area contributed by atoms with Crippen LogP contribution in [0.3, 0.4) is 0 Å². The Hall–Kier alpha value is -1.93. The van der Waals surface area contributed by atoms with Crippen LogP contribution in [0.5, 0.6) is 5.75 Å². The van der Waals surface area contributed by atoms with Crippen LogP contribution < -0.4 is 5.63 Å². The van der Waals surface area contributed by atoms with E-state index in [0.717, 1.165) is 0 Å². The third-order valence-electron chi connectivity index (χ3n) is 3.95. The van der Waals surface area contributed by atoms with E-state index < -0.39 is 17.0 Å². The van der Waals surface area contributed by atoms with Gasteiger partial charge in [0, 0.05) is 30.2 Å². The van der Waals surface area contributed by atoms with Gasteiger partial charge in [0.25, 0.3) is 5.79 Å². The van der Waals surface area contributed by atoms with Crippen LogP contribution in [0.15, 0.2) is 33.5 Å². The van der Waals surface area contributed by atoms with Crippen molar-refractivity contribution in [3.8, 4) is 5.75 Å². The largest absolute Gasteiger partial charge is 0.508 e. The van der Waals surface area contributed by atoms with E-state index in [1.54, 1.807) is 6.07 Å². The third kappa shape index (κ3) is 1.48. The highest BCUT2D eigenvalue weighted by molar-refractivity contribution is 5.83. The Labute approximate surface area is 118 Å². The normalized spacial score (nSPS) is 26.5. The molecule has 2 aliphatic rings. The highest BCUT2D eigenvalue weighted by atomic mass is 17.3. The van der Waals surface area contributed by atoms with Gasteiger partial charge in [-0.25, -0.2) is 9.68 Å². The molecule has 1 spiro atoms. The van der Waals surface area contributed by atoms with Crippen molar-refractivity contribution in [1.29, 1.82) is 0 Å². The summed E-state index contributed by atoms with van der Waals surface area (Å²) in [6.45, 7) is 0.629. The van der Waals surface area contributed by atoms with Crippen molar-refractivity contribution in [2.45, 2.75) is 11.4 Å². The Bertz CT molecular complexity index is 767. The number of ether oxygens (including phenoxy) is 2. The summed E-state index contributed by atoms with van der Waals surface area (Å²) in [4.78, 5) is 21.8. The predicted octanol–water partition coefficient (Wildman–Crippen LogP) is 1.03. The van der Waals surface area contributed by atoms with Gasteiger partial charge >= 0.3 is 5.63 Å². The molecule has 1 N–H and O–H groups in total. The summed E-state index contributed by atoms with van der Waals surface area (Å²) in [5.41, 5.74) is -0.477. The average Bonchev–Trinajstić information content (AvgIpc) is 2.36. The lowest BCUT2D eigenvalue weighted by molar-refractivity contribution is -0.644. The molecule has 21 heavy (non-hydrogen) atoms. The predicted molar refractivity (Wildman–Crippen MR) is 68.6 cm³/mol. The van der Waals surface area contributed by atoms with Crippen LogP contribution >= 0.6 is 0 Å². The maximum Gasteiger partial charge on any atom is 0.336 e. The zero-order valence-electron chi connectivity index (χ0n) is 11.1. The first kappa shape index (κ1) is 12.8. The molecule has 1 unspecified atom stereocenters. The summed E-state index contributed by atoms with van der Waals surface area (Å²) in [6, 6.07) is 5.78. The highest BCUT2D eigenvalue weighted by Crippen LogP contribution is 2.54. The quantitative estimate of drug-likeness (QED) is 0.653. The molecule has 0 bridgehead atoms. The van der Waals surface area contributed by atoms with Crippen LogP contribution in [-0.2, 0) is 25.0 Å². The lowest BCUT2D eigenvalue weighted by atomic mass is 9.82. The Kier molecular flexibility index (Phi) is 2.46. The minimum absolute atomic E-state index is 0.0610. The number of phenols is 1. The van der Waals surface area contributed by atoms with E-state index in [1.165, 1.54) is 25.3 Å². The van der Waals surface area contributed by atoms with Crippen molar-refractivity contribution in [2.24, 2.45) is 0 Å². The SMILES string of the molecule is COC1(c2cc(O)cc3oc(=O)ccc23)OOC12COC2. The number of fused-ring (bicyclic) bond motifs is 1. The van der Waals surface area contributed by atoms with Gasteiger partial charge in [0.2, 0.25) is 5.60 Å². The second kappa shape index (κ2) is 4.05. The molecule has 7 heteroatoms. The van der Waals surface area contributed by atoms with Crippen LogP contribution in [-0.4, -0.2) is 31.0 Å². The van der Waals surface area contributed by atoms with Crippen molar-refractivity contribution in [1.82, 2.24) is 0 Å². The smallest absolute Gasteiger partial charge is 0.336 e. The van der Waals surface area contributed by atoms with Gasteiger partial charge in [-0.1, -0.05) is 0 Å². The maximum atomic E-state index is 11.3. The number of hydrogen-bond acceptors (Lipinski definition) is 7. The zero-order chi connectivity index (χ0) is 14.7. The second-order valence-electron chi connectivity index (χ2n) is 5.13. The minimum atomic E-state index is -1.21. The lowest BCUT2D eigenvalue weighted by Crippen LogP contribution is -2.75. The van der Waals surface area contributed by atoms with Crippen molar-refractivity contribution >= 4 is 11.0 Å². The van der Waals surface area contributed by atoms with Crippen LogP contribution in [0.4, 0.5) is 0 Å². The van der Waals surface area contributed by atoms with E-state index in [1.807, 2.05) is 0 Å². The number of hydrogen-bond donors (Lipinski definition) is 1. The summed E-state index contributed by atoms with van der Waals surface area (Å²) >= 11 is 0. The van der Waals surface area contributed by atoms with Crippen LogP contribution in [0.2, 0.25) is 0 Å². The van der Waals surface area contributed by atoms with Crippen molar-refractivity contribution < 1.29 is 28.8 Å². The van der Waals surface area contributed by atoms with E-state index in [2.05, 4.69) is 0 Å². The topological polar surface area (TPSA) is 87.4 Å². The molecule has 3 heterocycles. The van der Waals surface area contributed by atoms with Gasteiger partial charge in [0.15, 0.2) is 0 Å². The molecule has 7 nitrogen and oxygen atoms in total.